The third kappa shape index (κ3) is 2.37. The summed E-state index contributed by atoms with van der Waals surface area (Å²) in [5, 5.41) is 0. The van der Waals surface area contributed by atoms with E-state index in [9.17, 15) is 9.59 Å². The van der Waals surface area contributed by atoms with Crippen molar-refractivity contribution >= 4 is 28.9 Å². The molecular weight excluding hydrogens is 330 g/mol. The molecule has 1 amide bonds. The molecule has 1 aliphatic heterocycles. The van der Waals surface area contributed by atoms with Crippen molar-refractivity contribution in [2.24, 2.45) is 5.92 Å². The maximum atomic E-state index is 13.0. The Morgan fingerprint density at radius 2 is 1.81 bits per heavy atom. The number of carbonyl (C=O) groups is 2. The second-order valence-corrected chi connectivity index (χ2v) is 6.25. The SMILES string of the molecule is CCOC(=O)C1C(=O)N(C)c2nc3ccccc3n2C1c1ccccc1. The Morgan fingerprint density at radius 3 is 2.54 bits per heavy atom. The van der Waals surface area contributed by atoms with Crippen molar-refractivity contribution in [2.45, 2.75) is 13.0 Å². The van der Waals surface area contributed by atoms with E-state index in [0.717, 1.165) is 16.6 Å². The molecular formula is C20H19N3O3. The van der Waals surface area contributed by atoms with E-state index in [2.05, 4.69) is 4.98 Å². The van der Waals surface area contributed by atoms with Gasteiger partial charge >= 0.3 is 5.97 Å². The van der Waals surface area contributed by atoms with Gasteiger partial charge in [-0.2, -0.15) is 0 Å². The predicted molar refractivity (Wildman–Crippen MR) is 97.8 cm³/mol. The van der Waals surface area contributed by atoms with Gasteiger partial charge in [0, 0.05) is 7.05 Å². The maximum absolute atomic E-state index is 13.0. The van der Waals surface area contributed by atoms with Crippen LogP contribution >= 0.6 is 0 Å². The van der Waals surface area contributed by atoms with Gasteiger partial charge in [-0.25, -0.2) is 4.98 Å². The van der Waals surface area contributed by atoms with Gasteiger partial charge < -0.3 is 9.30 Å². The molecule has 3 aromatic rings. The number of carbonyl (C=O) groups excluding carboxylic acids is 2. The largest absolute Gasteiger partial charge is 0.465 e. The average molecular weight is 349 g/mol. The molecule has 0 saturated carbocycles. The summed E-state index contributed by atoms with van der Waals surface area (Å²) in [6.07, 6.45) is 0. The number of amides is 1. The lowest BCUT2D eigenvalue weighted by Crippen LogP contribution is -2.48. The van der Waals surface area contributed by atoms with Gasteiger partial charge in [0.25, 0.3) is 0 Å². The third-order valence-corrected chi connectivity index (χ3v) is 4.75. The number of rotatable bonds is 3. The van der Waals surface area contributed by atoms with E-state index in [0.29, 0.717) is 5.95 Å². The monoisotopic (exact) mass is 349 g/mol. The molecule has 1 aromatic heterocycles. The summed E-state index contributed by atoms with van der Waals surface area (Å²) in [6.45, 7) is 1.97. The molecule has 2 aromatic carbocycles. The van der Waals surface area contributed by atoms with Crippen LogP contribution in [0.5, 0.6) is 0 Å². The number of nitrogens with zero attached hydrogens (tertiary/aromatic N) is 3. The van der Waals surface area contributed by atoms with Crippen LogP contribution in [-0.4, -0.2) is 35.1 Å². The second kappa shape index (κ2) is 6.29. The molecule has 4 rings (SSSR count). The number of imidazole rings is 1. The fraction of sp³-hybridized carbons (Fsp3) is 0.250. The summed E-state index contributed by atoms with van der Waals surface area (Å²) in [4.78, 5) is 31.8. The predicted octanol–water partition coefficient (Wildman–Crippen LogP) is 2.78. The number of hydrogen-bond donors (Lipinski definition) is 0. The van der Waals surface area contributed by atoms with Crippen LogP contribution in [0.3, 0.4) is 0 Å². The van der Waals surface area contributed by atoms with Crippen molar-refractivity contribution < 1.29 is 14.3 Å². The zero-order chi connectivity index (χ0) is 18.3. The van der Waals surface area contributed by atoms with Crippen LogP contribution in [-0.2, 0) is 14.3 Å². The summed E-state index contributed by atoms with van der Waals surface area (Å²) in [5.74, 6) is -1.24. The summed E-state index contributed by atoms with van der Waals surface area (Å²) < 4.78 is 7.20. The highest BCUT2D eigenvalue weighted by Gasteiger charge is 2.46. The fourth-order valence-electron chi connectivity index (χ4n) is 3.59. The van der Waals surface area contributed by atoms with Crippen molar-refractivity contribution in [1.29, 1.82) is 0 Å². The summed E-state index contributed by atoms with van der Waals surface area (Å²) in [6, 6.07) is 16.8. The molecule has 0 fully saturated rings. The minimum Gasteiger partial charge on any atom is -0.465 e. The molecule has 0 N–H and O–H groups in total. The highest BCUT2D eigenvalue weighted by atomic mass is 16.5. The molecule has 6 heteroatoms. The van der Waals surface area contributed by atoms with E-state index in [1.54, 1.807) is 14.0 Å². The molecule has 132 valence electrons. The highest BCUT2D eigenvalue weighted by molar-refractivity contribution is 6.08. The molecule has 0 aliphatic carbocycles. The number of esters is 1. The number of benzene rings is 2. The smallest absolute Gasteiger partial charge is 0.321 e. The summed E-state index contributed by atoms with van der Waals surface area (Å²) >= 11 is 0. The molecule has 26 heavy (non-hydrogen) atoms. The molecule has 0 spiro atoms. The van der Waals surface area contributed by atoms with E-state index in [1.165, 1.54) is 4.90 Å². The molecule has 1 aliphatic rings. The first-order valence-corrected chi connectivity index (χ1v) is 8.59. The first-order valence-electron chi connectivity index (χ1n) is 8.59. The van der Waals surface area contributed by atoms with Gasteiger partial charge in [-0.3, -0.25) is 14.5 Å². The Bertz CT molecular complexity index is 980. The molecule has 0 bridgehead atoms. The number of ether oxygens (including phenoxy) is 1. The summed E-state index contributed by atoms with van der Waals surface area (Å²) in [5.41, 5.74) is 2.54. The van der Waals surface area contributed by atoms with E-state index in [1.807, 2.05) is 59.2 Å². The minimum atomic E-state index is -0.951. The van der Waals surface area contributed by atoms with Gasteiger partial charge in [0.15, 0.2) is 5.92 Å². The number of fused-ring (bicyclic) bond motifs is 3. The van der Waals surface area contributed by atoms with E-state index in [-0.39, 0.29) is 12.5 Å². The van der Waals surface area contributed by atoms with Crippen LogP contribution < -0.4 is 4.90 Å². The Morgan fingerprint density at radius 1 is 1.12 bits per heavy atom. The average Bonchev–Trinajstić information content (AvgIpc) is 3.05. The van der Waals surface area contributed by atoms with E-state index in [4.69, 9.17) is 4.74 Å². The lowest BCUT2D eigenvalue weighted by atomic mass is 9.89. The van der Waals surface area contributed by atoms with Gasteiger partial charge in [-0.05, 0) is 24.6 Å². The number of hydrogen-bond acceptors (Lipinski definition) is 4. The first kappa shape index (κ1) is 16.3. The second-order valence-electron chi connectivity index (χ2n) is 6.25. The van der Waals surface area contributed by atoms with Crippen molar-refractivity contribution in [3.8, 4) is 0 Å². The molecule has 2 atom stereocenters. The quantitative estimate of drug-likeness (QED) is 0.539. The summed E-state index contributed by atoms with van der Waals surface area (Å²) in [7, 11) is 1.65. The molecule has 6 nitrogen and oxygen atoms in total. The molecule has 0 radical (unpaired) electrons. The number of para-hydroxylation sites is 2. The zero-order valence-corrected chi connectivity index (χ0v) is 14.6. The topological polar surface area (TPSA) is 64.4 Å². The Balaban J connectivity index is 2.00. The first-order chi connectivity index (χ1) is 12.6. The van der Waals surface area contributed by atoms with Crippen molar-refractivity contribution in [3.63, 3.8) is 0 Å². The standard InChI is InChI=1S/C20H19N3O3/c1-3-26-19(25)16-17(13-9-5-4-6-10-13)23-15-12-8-7-11-14(15)21-20(23)22(2)18(16)24/h4-12,16-17H,3H2,1-2H3. The maximum Gasteiger partial charge on any atom is 0.321 e. The van der Waals surface area contributed by atoms with E-state index < -0.39 is 17.9 Å². The van der Waals surface area contributed by atoms with Crippen molar-refractivity contribution in [1.82, 2.24) is 9.55 Å². The van der Waals surface area contributed by atoms with Crippen molar-refractivity contribution in [3.05, 3.63) is 60.2 Å². The van der Waals surface area contributed by atoms with Gasteiger partial charge in [-0.15, -0.1) is 0 Å². The normalized spacial score (nSPS) is 19.5. The lowest BCUT2D eigenvalue weighted by Gasteiger charge is -2.36. The minimum absolute atomic E-state index is 0.228. The Hall–Kier alpha value is -3.15. The van der Waals surface area contributed by atoms with E-state index >= 15 is 0 Å². The molecule has 0 saturated heterocycles. The van der Waals surface area contributed by atoms with Gasteiger partial charge in [0.05, 0.1) is 23.7 Å². The number of aromatic nitrogens is 2. The number of anilines is 1. The van der Waals surface area contributed by atoms with Crippen LogP contribution in [0.1, 0.15) is 18.5 Å². The third-order valence-electron chi connectivity index (χ3n) is 4.75. The highest BCUT2D eigenvalue weighted by Crippen LogP contribution is 2.40. The lowest BCUT2D eigenvalue weighted by molar-refractivity contribution is -0.153. The molecule has 2 heterocycles. The van der Waals surface area contributed by atoms with Crippen LogP contribution in [0.25, 0.3) is 11.0 Å². The van der Waals surface area contributed by atoms with Crippen LogP contribution in [0, 0.1) is 5.92 Å². The van der Waals surface area contributed by atoms with Crippen molar-refractivity contribution in [2.75, 3.05) is 18.6 Å². The van der Waals surface area contributed by atoms with Gasteiger partial charge in [-0.1, -0.05) is 42.5 Å². The van der Waals surface area contributed by atoms with Crippen LogP contribution in [0.15, 0.2) is 54.6 Å². The van der Waals surface area contributed by atoms with Crippen LogP contribution in [0.2, 0.25) is 0 Å². The Labute approximate surface area is 151 Å². The Kier molecular flexibility index (Phi) is 3.95. The van der Waals surface area contributed by atoms with Crippen LogP contribution in [0.4, 0.5) is 5.95 Å². The van der Waals surface area contributed by atoms with Gasteiger partial charge in [0.2, 0.25) is 11.9 Å². The molecule has 2 unspecified atom stereocenters. The fourth-order valence-corrected chi connectivity index (χ4v) is 3.59. The zero-order valence-electron chi connectivity index (χ0n) is 14.6. The van der Waals surface area contributed by atoms with Gasteiger partial charge in [0.1, 0.15) is 0 Å².